The van der Waals surface area contributed by atoms with E-state index in [1.165, 1.54) is 11.1 Å². The molecule has 0 fully saturated rings. The van der Waals surface area contributed by atoms with Crippen LogP contribution in [0.15, 0.2) is 18.2 Å². The molecule has 0 heteroatoms. The monoisotopic (exact) mass is 158 g/mol. The fourth-order valence-electron chi connectivity index (χ4n) is 1.41. The molecule has 0 saturated carbocycles. The Bertz CT molecular complexity index is 313. The molecule has 0 bridgehead atoms. The maximum atomic E-state index is 5.29. The molecule has 0 aliphatic rings. The minimum absolute atomic E-state index is 0.580. The van der Waals surface area contributed by atoms with Crippen molar-refractivity contribution in [1.29, 1.82) is 0 Å². The van der Waals surface area contributed by atoms with Crippen molar-refractivity contribution in [3.63, 3.8) is 0 Å². The lowest BCUT2D eigenvalue weighted by Gasteiger charge is -2.09. The molecule has 0 heterocycles. The van der Waals surface area contributed by atoms with Gasteiger partial charge in [0, 0.05) is 5.56 Å². The Labute approximate surface area is 74.6 Å². The van der Waals surface area contributed by atoms with E-state index in [-0.39, 0.29) is 0 Å². The smallest absolute Gasteiger partial charge is 0.0245 e. The van der Waals surface area contributed by atoms with E-state index in [2.05, 4.69) is 38.8 Å². The van der Waals surface area contributed by atoms with Crippen LogP contribution in [-0.4, -0.2) is 0 Å². The largest absolute Gasteiger partial charge is 0.115 e. The average molecular weight is 158 g/mol. The number of hydrogen-bond acceptors (Lipinski definition) is 0. The van der Waals surface area contributed by atoms with Crippen LogP contribution in [0.3, 0.4) is 0 Å². The van der Waals surface area contributed by atoms with Crippen molar-refractivity contribution in [2.24, 2.45) is 0 Å². The van der Waals surface area contributed by atoms with Crippen molar-refractivity contribution >= 4 is 0 Å². The minimum Gasteiger partial charge on any atom is -0.115 e. The maximum Gasteiger partial charge on any atom is 0.0245 e. The first-order chi connectivity index (χ1) is 5.65. The summed E-state index contributed by atoms with van der Waals surface area (Å²) in [7, 11) is 0. The van der Waals surface area contributed by atoms with Gasteiger partial charge in [-0.15, -0.1) is 6.42 Å². The first kappa shape index (κ1) is 8.87. The van der Waals surface area contributed by atoms with Gasteiger partial charge >= 0.3 is 0 Å². The molecule has 0 atom stereocenters. The lowest BCUT2D eigenvalue weighted by Crippen LogP contribution is -1.91. The molecule has 0 spiro atoms. The molecule has 62 valence electrons. The third kappa shape index (κ3) is 1.68. The zero-order valence-corrected chi connectivity index (χ0v) is 7.89. The van der Waals surface area contributed by atoms with Gasteiger partial charge in [-0.2, -0.15) is 0 Å². The van der Waals surface area contributed by atoms with E-state index >= 15 is 0 Å². The molecule has 0 aromatic heterocycles. The molecule has 12 heavy (non-hydrogen) atoms. The second kappa shape index (κ2) is 3.45. The normalized spacial score (nSPS) is 9.92. The third-order valence-electron chi connectivity index (χ3n) is 2.06. The first-order valence-corrected chi connectivity index (χ1v) is 4.22. The summed E-state index contributed by atoms with van der Waals surface area (Å²) in [5.74, 6) is 3.21. The van der Waals surface area contributed by atoms with Crippen LogP contribution in [0.4, 0.5) is 0 Å². The van der Waals surface area contributed by atoms with E-state index < -0.39 is 0 Å². The molecule has 0 saturated heterocycles. The third-order valence-corrected chi connectivity index (χ3v) is 2.06. The number of aryl methyl sites for hydroxylation is 1. The zero-order chi connectivity index (χ0) is 9.14. The van der Waals surface area contributed by atoms with E-state index in [1.54, 1.807) is 0 Å². The molecule has 0 unspecified atom stereocenters. The van der Waals surface area contributed by atoms with Gasteiger partial charge in [-0.25, -0.2) is 0 Å². The van der Waals surface area contributed by atoms with Crippen LogP contribution in [0.1, 0.15) is 36.5 Å². The molecular weight excluding hydrogens is 144 g/mol. The Morgan fingerprint density at radius 2 is 2.00 bits per heavy atom. The lowest BCUT2D eigenvalue weighted by molar-refractivity contribution is 0.856. The van der Waals surface area contributed by atoms with Crippen molar-refractivity contribution in [3.05, 3.63) is 34.9 Å². The standard InChI is InChI=1S/C12H14/c1-5-11-6-7-12(9(2)3)10(4)8-11/h1,6-9H,2-4H3. The Balaban J connectivity index is 3.14. The summed E-state index contributed by atoms with van der Waals surface area (Å²) in [6.07, 6.45) is 5.29. The van der Waals surface area contributed by atoms with Crippen molar-refractivity contribution in [3.8, 4) is 12.3 Å². The summed E-state index contributed by atoms with van der Waals surface area (Å²) >= 11 is 0. The van der Waals surface area contributed by atoms with E-state index in [4.69, 9.17) is 6.42 Å². The van der Waals surface area contributed by atoms with Gasteiger partial charge in [0.2, 0.25) is 0 Å². The Morgan fingerprint density at radius 1 is 1.33 bits per heavy atom. The fraction of sp³-hybridized carbons (Fsp3) is 0.333. The second-order valence-electron chi connectivity index (χ2n) is 3.37. The summed E-state index contributed by atoms with van der Waals surface area (Å²) < 4.78 is 0. The molecule has 0 aliphatic carbocycles. The average Bonchev–Trinajstić information content (AvgIpc) is 2.03. The molecule has 0 aliphatic heterocycles. The van der Waals surface area contributed by atoms with Gasteiger partial charge in [0.15, 0.2) is 0 Å². The number of terminal acetylenes is 1. The number of rotatable bonds is 1. The Kier molecular flexibility index (Phi) is 2.55. The summed E-state index contributed by atoms with van der Waals surface area (Å²) in [4.78, 5) is 0. The first-order valence-electron chi connectivity index (χ1n) is 4.22. The molecule has 0 nitrogen and oxygen atoms in total. The van der Waals surface area contributed by atoms with E-state index in [1.807, 2.05) is 6.07 Å². The van der Waals surface area contributed by atoms with Crippen LogP contribution in [0.25, 0.3) is 0 Å². The van der Waals surface area contributed by atoms with E-state index in [9.17, 15) is 0 Å². The van der Waals surface area contributed by atoms with Crippen LogP contribution in [0.5, 0.6) is 0 Å². The summed E-state index contributed by atoms with van der Waals surface area (Å²) in [6, 6.07) is 6.19. The van der Waals surface area contributed by atoms with Gasteiger partial charge < -0.3 is 0 Å². The molecule has 1 aromatic rings. The van der Waals surface area contributed by atoms with E-state index in [0.717, 1.165) is 5.56 Å². The minimum atomic E-state index is 0.580. The van der Waals surface area contributed by atoms with E-state index in [0.29, 0.717) is 5.92 Å². The summed E-state index contributed by atoms with van der Waals surface area (Å²) in [5, 5.41) is 0. The van der Waals surface area contributed by atoms with Crippen LogP contribution in [-0.2, 0) is 0 Å². The fourth-order valence-corrected chi connectivity index (χ4v) is 1.41. The van der Waals surface area contributed by atoms with Crippen LogP contribution >= 0.6 is 0 Å². The highest BCUT2D eigenvalue weighted by Crippen LogP contribution is 2.19. The Hall–Kier alpha value is -1.22. The van der Waals surface area contributed by atoms with Gasteiger partial charge in [-0.1, -0.05) is 25.8 Å². The number of hydrogen-bond donors (Lipinski definition) is 0. The molecule has 0 N–H and O–H groups in total. The van der Waals surface area contributed by atoms with Crippen LogP contribution in [0.2, 0.25) is 0 Å². The predicted octanol–water partition coefficient (Wildman–Crippen LogP) is 3.10. The summed E-state index contributed by atoms with van der Waals surface area (Å²) in [5.41, 5.74) is 3.64. The Morgan fingerprint density at radius 3 is 2.42 bits per heavy atom. The zero-order valence-electron chi connectivity index (χ0n) is 7.89. The van der Waals surface area contributed by atoms with Gasteiger partial charge in [-0.05, 0) is 36.1 Å². The van der Waals surface area contributed by atoms with Crippen LogP contribution in [0, 0.1) is 19.3 Å². The molecule has 0 radical (unpaired) electrons. The quantitative estimate of drug-likeness (QED) is 0.551. The topological polar surface area (TPSA) is 0 Å². The van der Waals surface area contributed by atoms with Crippen molar-refractivity contribution in [2.45, 2.75) is 26.7 Å². The van der Waals surface area contributed by atoms with Gasteiger partial charge in [0.25, 0.3) is 0 Å². The number of benzene rings is 1. The van der Waals surface area contributed by atoms with Crippen molar-refractivity contribution < 1.29 is 0 Å². The van der Waals surface area contributed by atoms with Crippen LogP contribution < -0.4 is 0 Å². The predicted molar refractivity (Wildman–Crippen MR) is 53.2 cm³/mol. The second-order valence-corrected chi connectivity index (χ2v) is 3.37. The van der Waals surface area contributed by atoms with Gasteiger partial charge in [-0.3, -0.25) is 0 Å². The van der Waals surface area contributed by atoms with Crippen molar-refractivity contribution in [2.75, 3.05) is 0 Å². The highest BCUT2D eigenvalue weighted by atomic mass is 14.1. The molecule has 1 aromatic carbocycles. The maximum absolute atomic E-state index is 5.29. The van der Waals surface area contributed by atoms with Crippen molar-refractivity contribution in [1.82, 2.24) is 0 Å². The lowest BCUT2D eigenvalue weighted by atomic mass is 9.96. The SMILES string of the molecule is C#Cc1ccc(C(C)C)c(C)c1. The van der Waals surface area contributed by atoms with Gasteiger partial charge in [0.1, 0.15) is 0 Å². The highest BCUT2D eigenvalue weighted by Gasteiger charge is 2.02. The van der Waals surface area contributed by atoms with Gasteiger partial charge in [0.05, 0.1) is 0 Å². The molecular formula is C12H14. The molecule has 1 rings (SSSR count). The summed E-state index contributed by atoms with van der Waals surface area (Å²) in [6.45, 7) is 6.49. The molecule has 0 amide bonds. The highest BCUT2D eigenvalue weighted by molar-refractivity contribution is 5.40.